The number of aryl methyl sites for hydroxylation is 2. The van der Waals surface area contributed by atoms with Crippen LogP contribution in [-0.4, -0.2) is 39.2 Å². The third-order valence-corrected chi connectivity index (χ3v) is 5.83. The van der Waals surface area contributed by atoms with Crippen molar-refractivity contribution in [3.63, 3.8) is 0 Å². The molecular weight excluding hydrogens is 447 g/mol. The third kappa shape index (κ3) is 4.44. The standard InChI is InChI=1S/C20H18F7N3O2/c21-13-6-7-14-12(9-13)5-8-15-28-16(29-30(14)15)10-1-3-11(4-2-10)17(31)32-18(19(22,23)24)20(25,26)27/h6-7,9-11,18H,1-5,8H2. The lowest BCUT2D eigenvalue weighted by Gasteiger charge is -2.28. The van der Waals surface area contributed by atoms with Gasteiger partial charge in [0.05, 0.1) is 11.6 Å². The third-order valence-electron chi connectivity index (χ3n) is 5.83. The van der Waals surface area contributed by atoms with Crippen LogP contribution in [0.3, 0.4) is 0 Å². The second kappa shape index (κ2) is 8.04. The Kier molecular flexibility index (Phi) is 5.66. The van der Waals surface area contributed by atoms with E-state index in [-0.39, 0.29) is 24.6 Å². The highest BCUT2D eigenvalue weighted by Gasteiger charge is 2.60. The summed E-state index contributed by atoms with van der Waals surface area (Å²) in [6, 6.07) is 4.36. The highest BCUT2D eigenvalue weighted by molar-refractivity contribution is 5.72. The molecule has 1 aromatic heterocycles. The zero-order chi connectivity index (χ0) is 23.3. The van der Waals surface area contributed by atoms with Crippen molar-refractivity contribution in [2.75, 3.05) is 0 Å². The average Bonchev–Trinajstić information content (AvgIpc) is 3.14. The predicted octanol–water partition coefficient (Wildman–Crippen LogP) is 4.82. The zero-order valence-corrected chi connectivity index (χ0v) is 16.5. The predicted molar refractivity (Wildman–Crippen MR) is 95.4 cm³/mol. The molecule has 0 N–H and O–H groups in total. The van der Waals surface area contributed by atoms with Gasteiger partial charge in [-0.3, -0.25) is 4.79 Å². The molecule has 0 amide bonds. The Hall–Kier alpha value is -2.66. The number of fused-ring (bicyclic) bond motifs is 3. The van der Waals surface area contributed by atoms with E-state index in [4.69, 9.17) is 0 Å². The molecule has 0 saturated heterocycles. The van der Waals surface area contributed by atoms with Crippen LogP contribution >= 0.6 is 0 Å². The molecule has 0 spiro atoms. The van der Waals surface area contributed by atoms with Crippen LogP contribution in [-0.2, 0) is 22.4 Å². The molecular formula is C20H18F7N3O2. The number of ether oxygens (including phenoxy) is 1. The van der Waals surface area contributed by atoms with Crippen molar-refractivity contribution in [2.45, 2.75) is 62.9 Å². The van der Waals surface area contributed by atoms with E-state index in [0.29, 0.717) is 43.0 Å². The van der Waals surface area contributed by atoms with Crippen LogP contribution in [0.2, 0.25) is 0 Å². The van der Waals surface area contributed by atoms with Crippen LogP contribution in [0.25, 0.3) is 5.69 Å². The molecule has 0 unspecified atom stereocenters. The van der Waals surface area contributed by atoms with E-state index in [1.165, 1.54) is 12.1 Å². The minimum atomic E-state index is -5.73. The molecule has 2 aromatic rings. The number of hydrogen-bond acceptors (Lipinski definition) is 4. The minimum Gasteiger partial charge on any atom is -0.443 e. The first-order valence-corrected chi connectivity index (χ1v) is 10.0. The molecule has 1 aromatic carbocycles. The van der Waals surface area contributed by atoms with Gasteiger partial charge < -0.3 is 4.74 Å². The van der Waals surface area contributed by atoms with E-state index in [1.54, 1.807) is 10.7 Å². The number of benzene rings is 1. The van der Waals surface area contributed by atoms with Gasteiger partial charge >= 0.3 is 18.3 Å². The molecule has 2 heterocycles. The van der Waals surface area contributed by atoms with E-state index in [2.05, 4.69) is 14.8 Å². The Morgan fingerprint density at radius 3 is 2.31 bits per heavy atom. The van der Waals surface area contributed by atoms with Gasteiger partial charge in [0.15, 0.2) is 5.82 Å². The van der Waals surface area contributed by atoms with Gasteiger partial charge in [0.2, 0.25) is 0 Å². The second-order valence-corrected chi connectivity index (χ2v) is 8.02. The van der Waals surface area contributed by atoms with Crippen LogP contribution in [0.5, 0.6) is 0 Å². The van der Waals surface area contributed by atoms with E-state index < -0.39 is 30.3 Å². The number of aromatic nitrogens is 3. The van der Waals surface area contributed by atoms with Gasteiger partial charge in [-0.05, 0) is 55.9 Å². The first kappa shape index (κ1) is 22.5. The Morgan fingerprint density at radius 2 is 1.69 bits per heavy atom. The van der Waals surface area contributed by atoms with Gasteiger partial charge in [-0.2, -0.15) is 31.4 Å². The maximum absolute atomic E-state index is 13.5. The topological polar surface area (TPSA) is 57.0 Å². The SMILES string of the molecule is O=C(OC(C(F)(F)F)C(F)(F)F)C1CCC(c2nc3n(n2)-c2ccc(F)cc2CC3)CC1. The summed E-state index contributed by atoms with van der Waals surface area (Å²) < 4.78 is 94.7. The summed E-state index contributed by atoms with van der Waals surface area (Å²) in [5.74, 6) is -1.92. The van der Waals surface area contributed by atoms with Crippen LogP contribution in [0, 0.1) is 11.7 Å². The summed E-state index contributed by atoms with van der Waals surface area (Å²) in [5.41, 5.74) is 1.51. The molecule has 1 saturated carbocycles. The van der Waals surface area contributed by atoms with Crippen molar-refractivity contribution < 1.29 is 40.3 Å². The van der Waals surface area contributed by atoms with Crippen molar-refractivity contribution in [1.82, 2.24) is 14.8 Å². The van der Waals surface area contributed by atoms with Gasteiger partial charge in [0, 0.05) is 12.3 Å². The first-order valence-electron chi connectivity index (χ1n) is 10.0. The smallest absolute Gasteiger partial charge is 0.434 e. The molecule has 1 aliphatic carbocycles. The van der Waals surface area contributed by atoms with Gasteiger partial charge in [-0.25, -0.2) is 14.1 Å². The summed E-state index contributed by atoms with van der Waals surface area (Å²) in [4.78, 5) is 16.5. The van der Waals surface area contributed by atoms with E-state index >= 15 is 0 Å². The quantitative estimate of drug-likeness (QED) is 0.482. The van der Waals surface area contributed by atoms with Crippen LogP contribution < -0.4 is 0 Å². The number of esters is 1. The molecule has 5 nitrogen and oxygen atoms in total. The van der Waals surface area contributed by atoms with Crippen LogP contribution in [0.4, 0.5) is 30.7 Å². The molecule has 174 valence electrons. The number of hydrogen-bond donors (Lipinski definition) is 0. The molecule has 2 aliphatic rings. The largest absolute Gasteiger partial charge is 0.443 e. The van der Waals surface area contributed by atoms with Gasteiger partial charge in [-0.15, -0.1) is 0 Å². The summed E-state index contributed by atoms with van der Waals surface area (Å²) in [6.45, 7) is 0. The maximum atomic E-state index is 13.5. The first-order chi connectivity index (χ1) is 14.9. The molecule has 0 radical (unpaired) electrons. The number of carbonyl (C=O) groups is 1. The number of rotatable bonds is 3. The molecule has 0 atom stereocenters. The summed E-state index contributed by atoms with van der Waals surface area (Å²) in [6.07, 6.45) is -13.7. The Labute approximate surface area is 177 Å². The highest BCUT2D eigenvalue weighted by atomic mass is 19.4. The Morgan fingerprint density at radius 1 is 1.03 bits per heavy atom. The molecule has 32 heavy (non-hydrogen) atoms. The molecule has 1 aliphatic heterocycles. The fourth-order valence-corrected chi connectivity index (χ4v) is 4.22. The fourth-order valence-electron chi connectivity index (χ4n) is 4.22. The van der Waals surface area contributed by atoms with Gasteiger partial charge in [-0.1, -0.05) is 0 Å². The number of nitrogens with zero attached hydrogens (tertiary/aromatic N) is 3. The van der Waals surface area contributed by atoms with Crippen molar-refractivity contribution in [3.05, 3.63) is 41.2 Å². The molecule has 12 heteroatoms. The molecule has 4 rings (SSSR count). The van der Waals surface area contributed by atoms with Gasteiger partial charge in [0.25, 0.3) is 6.10 Å². The summed E-state index contributed by atoms with van der Waals surface area (Å²) >= 11 is 0. The lowest BCUT2D eigenvalue weighted by Crippen LogP contribution is -2.46. The molecule has 0 bridgehead atoms. The zero-order valence-electron chi connectivity index (χ0n) is 16.5. The van der Waals surface area contributed by atoms with Crippen LogP contribution in [0.1, 0.15) is 48.8 Å². The maximum Gasteiger partial charge on any atom is 0.434 e. The fraction of sp³-hybridized carbons (Fsp3) is 0.550. The van der Waals surface area contributed by atoms with Crippen molar-refractivity contribution in [1.29, 1.82) is 0 Å². The van der Waals surface area contributed by atoms with Crippen molar-refractivity contribution >= 4 is 5.97 Å². The van der Waals surface area contributed by atoms with E-state index in [9.17, 15) is 35.5 Å². The highest BCUT2D eigenvalue weighted by Crippen LogP contribution is 2.39. The Bertz CT molecular complexity index is 994. The minimum absolute atomic E-state index is 0.0671. The van der Waals surface area contributed by atoms with E-state index in [1.807, 2.05) is 0 Å². The number of halogens is 7. The average molecular weight is 465 g/mol. The monoisotopic (exact) mass is 465 g/mol. The lowest BCUT2D eigenvalue weighted by atomic mass is 9.81. The lowest BCUT2D eigenvalue weighted by molar-refractivity contribution is -0.314. The van der Waals surface area contributed by atoms with Crippen molar-refractivity contribution in [3.8, 4) is 5.69 Å². The normalized spacial score (nSPS) is 21.2. The van der Waals surface area contributed by atoms with Crippen molar-refractivity contribution in [2.24, 2.45) is 5.92 Å². The van der Waals surface area contributed by atoms with Gasteiger partial charge in [0.1, 0.15) is 11.6 Å². The number of alkyl halides is 6. The summed E-state index contributed by atoms with van der Waals surface area (Å²) in [7, 11) is 0. The number of carbonyl (C=O) groups excluding carboxylic acids is 1. The van der Waals surface area contributed by atoms with E-state index in [0.717, 1.165) is 5.56 Å². The van der Waals surface area contributed by atoms with Crippen LogP contribution in [0.15, 0.2) is 18.2 Å². The molecule has 1 fully saturated rings. The summed E-state index contributed by atoms with van der Waals surface area (Å²) in [5, 5.41) is 4.50. The second-order valence-electron chi connectivity index (χ2n) is 8.02. The Balaban J connectivity index is 1.42.